The lowest BCUT2D eigenvalue weighted by Crippen LogP contribution is -2.53. The van der Waals surface area contributed by atoms with E-state index in [2.05, 4.69) is 11.8 Å². The molecule has 190 valence electrons. The lowest BCUT2D eigenvalue weighted by Gasteiger charge is -2.44. The molecule has 1 aromatic carbocycles. The van der Waals surface area contributed by atoms with Crippen LogP contribution in [-0.2, 0) is 11.3 Å². The zero-order chi connectivity index (χ0) is 23.4. The molecule has 34 heavy (non-hydrogen) atoms. The lowest BCUT2D eigenvalue weighted by atomic mass is 9.68. The molecule has 0 aromatic heterocycles. The third-order valence-corrected chi connectivity index (χ3v) is 10.0. The molecular formula is C30H46ClNO2. The highest BCUT2D eigenvalue weighted by Crippen LogP contribution is 2.43. The van der Waals surface area contributed by atoms with Crippen molar-refractivity contribution in [3.63, 3.8) is 0 Å². The number of likely N-dealkylation sites (tertiary alicyclic amines) is 1. The summed E-state index contributed by atoms with van der Waals surface area (Å²) in [6.07, 6.45) is 20.0. The van der Waals surface area contributed by atoms with Crippen LogP contribution in [0, 0.1) is 17.8 Å². The molecule has 4 heteroatoms. The van der Waals surface area contributed by atoms with Crippen molar-refractivity contribution in [2.45, 2.75) is 115 Å². The Morgan fingerprint density at radius 1 is 0.971 bits per heavy atom. The van der Waals surface area contributed by atoms with Crippen LogP contribution < -0.4 is 4.74 Å². The first kappa shape index (κ1) is 24.9. The summed E-state index contributed by atoms with van der Waals surface area (Å²) in [7, 11) is 0. The summed E-state index contributed by atoms with van der Waals surface area (Å²) in [5.74, 6) is 3.98. The molecule has 2 aliphatic heterocycles. The number of halogens is 1. The third-order valence-electron chi connectivity index (χ3n) is 9.81. The van der Waals surface area contributed by atoms with Crippen LogP contribution in [0.4, 0.5) is 0 Å². The van der Waals surface area contributed by atoms with Crippen LogP contribution in [0.5, 0.6) is 5.75 Å². The van der Waals surface area contributed by atoms with E-state index in [0.717, 1.165) is 60.0 Å². The first-order valence-electron chi connectivity index (χ1n) is 14.4. The Labute approximate surface area is 212 Å². The van der Waals surface area contributed by atoms with Gasteiger partial charge < -0.3 is 14.4 Å². The predicted molar refractivity (Wildman–Crippen MR) is 141 cm³/mol. The fraction of sp³-hybridized carbons (Fsp3) is 0.800. The fourth-order valence-electron chi connectivity index (χ4n) is 7.65. The zero-order valence-corrected chi connectivity index (χ0v) is 22.2. The van der Waals surface area contributed by atoms with Crippen molar-refractivity contribution < 1.29 is 9.47 Å². The number of hydrogen-bond donors (Lipinski definition) is 0. The van der Waals surface area contributed by atoms with Gasteiger partial charge in [-0.15, -0.1) is 0 Å². The standard InChI is InChI=1S/C30H46ClNO2/c1-23-30(33-22-26-21-27(31)14-15-29(26)34-23)16-19-32(20-17-30)18-8-13-28(24-9-4-2-5-10-24)25-11-6-3-7-12-25/h14-15,21,23-25,28H,2-13,16-20,22H2,1H3. The topological polar surface area (TPSA) is 21.7 Å². The Balaban J connectivity index is 1.12. The van der Waals surface area contributed by atoms with Crippen molar-refractivity contribution in [3.8, 4) is 5.75 Å². The minimum Gasteiger partial charge on any atom is -0.487 e. The predicted octanol–water partition coefficient (Wildman–Crippen LogP) is 8.03. The second-order valence-electron chi connectivity index (χ2n) is 11.8. The Morgan fingerprint density at radius 2 is 1.62 bits per heavy atom. The average Bonchev–Trinajstić information content (AvgIpc) is 3.00. The highest BCUT2D eigenvalue weighted by Gasteiger charge is 2.43. The van der Waals surface area contributed by atoms with Gasteiger partial charge in [0.05, 0.1) is 6.61 Å². The summed E-state index contributed by atoms with van der Waals surface area (Å²) in [5, 5.41) is 0.754. The van der Waals surface area contributed by atoms with Gasteiger partial charge in [0.2, 0.25) is 0 Å². The smallest absolute Gasteiger partial charge is 0.125 e. The van der Waals surface area contributed by atoms with E-state index in [4.69, 9.17) is 21.1 Å². The van der Waals surface area contributed by atoms with Crippen LogP contribution >= 0.6 is 11.6 Å². The molecule has 1 spiro atoms. The molecule has 0 amide bonds. The van der Waals surface area contributed by atoms with Gasteiger partial charge in [-0.2, -0.15) is 0 Å². The van der Waals surface area contributed by atoms with Crippen LogP contribution in [-0.4, -0.2) is 36.2 Å². The molecule has 5 rings (SSSR count). The second kappa shape index (κ2) is 11.5. The fourth-order valence-corrected chi connectivity index (χ4v) is 7.84. The Hall–Kier alpha value is -0.770. The largest absolute Gasteiger partial charge is 0.487 e. The van der Waals surface area contributed by atoms with Gasteiger partial charge in [-0.1, -0.05) is 75.8 Å². The molecule has 3 nitrogen and oxygen atoms in total. The molecule has 2 heterocycles. The average molecular weight is 488 g/mol. The second-order valence-corrected chi connectivity index (χ2v) is 12.2. The van der Waals surface area contributed by atoms with Crippen molar-refractivity contribution in [3.05, 3.63) is 28.8 Å². The first-order chi connectivity index (χ1) is 16.6. The van der Waals surface area contributed by atoms with E-state index >= 15 is 0 Å². The molecule has 4 aliphatic rings. The summed E-state index contributed by atoms with van der Waals surface area (Å²) in [4.78, 5) is 2.70. The maximum Gasteiger partial charge on any atom is 0.125 e. The van der Waals surface area contributed by atoms with Crippen molar-refractivity contribution in [1.82, 2.24) is 4.90 Å². The normalized spacial score (nSPS) is 26.9. The molecule has 1 atom stereocenters. The highest BCUT2D eigenvalue weighted by molar-refractivity contribution is 6.30. The van der Waals surface area contributed by atoms with Crippen LogP contribution in [0.2, 0.25) is 5.02 Å². The number of rotatable bonds is 6. The minimum atomic E-state index is -0.172. The monoisotopic (exact) mass is 487 g/mol. The highest BCUT2D eigenvalue weighted by atomic mass is 35.5. The van der Waals surface area contributed by atoms with Crippen molar-refractivity contribution >= 4 is 11.6 Å². The van der Waals surface area contributed by atoms with Gasteiger partial charge >= 0.3 is 0 Å². The molecule has 1 saturated heterocycles. The van der Waals surface area contributed by atoms with E-state index in [1.54, 1.807) is 0 Å². The molecule has 1 aromatic rings. The van der Waals surface area contributed by atoms with Gasteiger partial charge in [0.25, 0.3) is 0 Å². The number of hydrogen-bond acceptors (Lipinski definition) is 3. The van der Waals surface area contributed by atoms with Gasteiger partial charge in [0.1, 0.15) is 17.5 Å². The van der Waals surface area contributed by atoms with E-state index in [0.29, 0.717) is 6.61 Å². The number of nitrogens with zero attached hydrogens (tertiary/aromatic N) is 1. The van der Waals surface area contributed by atoms with Gasteiger partial charge in [-0.25, -0.2) is 0 Å². The van der Waals surface area contributed by atoms with E-state index in [9.17, 15) is 0 Å². The molecule has 2 aliphatic carbocycles. The number of ether oxygens (including phenoxy) is 2. The lowest BCUT2D eigenvalue weighted by molar-refractivity contribution is -0.136. The number of benzene rings is 1. The van der Waals surface area contributed by atoms with Gasteiger partial charge in [0.15, 0.2) is 0 Å². The van der Waals surface area contributed by atoms with Crippen molar-refractivity contribution in [2.24, 2.45) is 17.8 Å². The van der Waals surface area contributed by atoms with Gasteiger partial charge in [0, 0.05) is 23.7 Å². The zero-order valence-electron chi connectivity index (χ0n) is 21.4. The number of fused-ring (bicyclic) bond motifs is 1. The summed E-state index contributed by atoms with van der Waals surface area (Å²) in [5.41, 5.74) is 0.907. The van der Waals surface area contributed by atoms with E-state index in [-0.39, 0.29) is 11.7 Å². The maximum atomic E-state index is 6.56. The van der Waals surface area contributed by atoms with E-state index < -0.39 is 0 Å². The minimum absolute atomic E-state index is 0.0686. The van der Waals surface area contributed by atoms with Crippen LogP contribution in [0.3, 0.4) is 0 Å². The number of piperidine rings is 1. The molecule has 0 N–H and O–H groups in total. The molecule has 0 bridgehead atoms. The molecular weight excluding hydrogens is 442 g/mol. The summed E-state index contributed by atoms with van der Waals surface area (Å²) < 4.78 is 12.9. The Bertz CT molecular complexity index is 760. The molecule has 2 saturated carbocycles. The van der Waals surface area contributed by atoms with E-state index in [1.165, 1.54) is 83.6 Å². The molecule has 1 unspecified atom stereocenters. The van der Waals surface area contributed by atoms with Gasteiger partial charge in [-0.05, 0) is 75.1 Å². The Morgan fingerprint density at radius 3 is 2.26 bits per heavy atom. The van der Waals surface area contributed by atoms with Crippen molar-refractivity contribution in [2.75, 3.05) is 19.6 Å². The van der Waals surface area contributed by atoms with Gasteiger partial charge in [-0.3, -0.25) is 0 Å². The van der Waals surface area contributed by atoms with Crippen molar-refractivity contribution in [1.29, 1.82) is 0 Å². The SMILES string of the molecule is CC1Oc2ccc(Cl)cc2COC12CCN(CCCC(C1CCCCC1)C1CCCCC1)CC2. The van der Waals surface area contributed by atoms with Crippen LogP contribution in [0.25, 0.3) is 0 Å². The molecule has 0 radical (unpaired) electrons. The van der Waals surface area contributed by atoms with Crippen LogP contribution in [0.1, 0.15) is 102 Å². The summed E-state index contributed by atoms with van der Waals surface area (Å²) >= 11 is 6.21. The van der Waals surface area contributed by atoms with Crippen LogP contribution in [0.15, 0.2) is 18.2 Å². The Kier molecular flexibility index (Phi) is 8.44. The molecule has 3 fully saturated rings. The summed E-state index contributed by atoms with van der Waals surface area (Å²) in [6, 6.07) is 5.91. The quantitative estimate of drug-likeness (QED) is 0.405. The van der Waals surface area contributed by atoms with E-state index in [1.807, 2.05) is 18.2 Å². The summed E-state index contributed by atoms with van der Waals surface area (Å²) in [6.45, 7) is 6.31. The first-order valence-corrected chi connectivity index (χ1v) is 14.8. The maximum absolute atomic E-state index is 6.56. The third kappa shape index (κ3) is 5.79.